The molecule has 3 heteroatoms. The van der Waals surface area contributed by atoms with Crippen LogP contribution in [0.25, 0.3) is 0 Å². The van der Waals surface area contributed by atoms with E-state index in [-0.39, 0.29) is 5.41 Å². The third-order valence-corrected chi connectivity index (χ3v) is 4.02. The minimum absolute atomic E-state index is 0.240. The van der Waals surface area contributed by atoms with Gasteiger partial charge in [0.15, 0.2) is 0 Å². The van der Waals surface area contributed by atoms with E-state index in [1.807, 2.05) is 20.8 Å². The van der Waals surface area contributed by atoms with Crippen molar-refractivity contribution in [2.24, 2.45) is 23.0 Å². The second kappa shape index (κ2) is 4.02. The minimum atomic E-state index is -0.240. The third kappa shape index (κ3) is 2.24. The van der Waals surface area contributed by atoms with E-state index >= 15 is 0 Å². The van der Waals surface area contributed by atoms with Crippen molar-refractivity contribution in [3.05, 3.63) is 0 Å². The highest BCUT2D eigenvalue weighted by molar-refractivity contribution is 5.81. The first-order valence-corrected chi connectivity index (χ1v) is 6.43. The predicted molar refractivity (Wildman–Crippen MR) is 64.8 cm³/mol. The maximum atomic E-state index is 12.2. The molecule has 1 amide bonds. The lowest BCUT2D eigenvalue weighted by Gasteiger charge is -2.27. The van der Waals surface area contributed by atoms with Gasteiger partial charge in [-0.1, -0.05) is 20.8 Å². The Bertz CT molecular complexity index is 282. The number of hydrogen-bond acceptors (Lipinski definition) is 2. The molecule has 0 spiro atoms. The van der Waals surface area contributed by atoms with Crippen molar-refractivity contribution in [3.63, 3.8) is 0 Å². The lowest BCUT2D eigenvalue weighted by Crippen LogP contribution is -2.38. The maximum absolute atomic E-state index is 12.2. The van der Waals surface area contributed by atoms with E-state index in [9.17, 15) is 4.79 Å². The van der Waals surface area contributed by atoms with Gasteiger partial charge in [-0.25, -0.2) is 0 Å². The van der Waals surface area contributed by atoms with Crippen molar-refractivity contribution in [2.75, 3.05) is 13.1 Å². The molecular formula is C13H24N2O. The van der Waals surface area contributed by atoms with E-state index in [0.29, 0.717) is 23.8 Å². The molecule has 2 fully saturated rings. The Morgan fingerprint density at radius 1 is 1.19 bits per heavy atom. The number of nitrogens with two attached hydrogens (primary N) is 1. The molecule has 2 rings (SSSR count). The average molecular weight is 224 g/mol. The van der Waals surface area contributed by atoms with E-state index in [2.05, 4.69) is 4.90 Å². The Hall–Kier alpha value is -0.570. The molecule has 0 aromatic carbocycles. The van der Waals surface area contributed by atoms with Crippen LogP contribution in [-0.4, -0.2) is 29.9 Å². The maximum Gasteiger partial charge on any atom is 0.227 e. The molecule has 1 aliphatic carbocycles. The Labute approximate surface area is 98.4 Å². The van der Waals surface area contributed by atoms with Crippen LogP contribution in [0.4, 0.5) is 0 Å². The van der Waals surface area contributed by atoms with Gasteiger partial charge in [0.1, 0.15) is 0 Å². The van der Waals surface area contributed by atoms with Crippen molar-refractivity contribution < 1.29 is 4.79 Å². The molecule has 0 radical (unpaired) electrons. The topological polar surface area (TPSA) is 46.3 Å². The average Bonchev–Trinajstić information content (AvgIpc) is 2.57. The van der Waals surface area contributed by atoms with Gasteiger partial charge in [0.05, 0.1) is 0 Å². The Morgan fingerprint density at radius 3 is 2.44 bits per heavy atom. The lowest BCUT2D eigenvalue weighted by molar-refractivity contribution is -0.138. The number of likely N-dealkylation sites (tertiary alicyclic amines) is 1. The summed E-state index contributed by atoms with van der Waals surface area (Å²) in [6.45, 7) is 7.91. The van der Waals surface area contributed by atoms with Crippen LogP contribution in [0.2, 0.25) is 0 Å². The van der Waals surface area contributed by atoms with Crippen molar-refractivity contribution >= 4 is 5.91 Å². The number of carbonyl (C=O) groups excluding carboxylic acids is 1. The number of amides is 1. The van der Waals surface area contributed by atoms with Crippen LogP contribution in [0, 0.1) is 17.3 Å². The van der Waals surface area contributed by atoms with Crippen LogP contribution in [0.3, 0.4) is 0 Å². The normalized spacial score (nSPS) is 35.0. The van der Waals surface area contributed by atoms with Crippen molar-refractivity contribution in [1.29, 1.82) is 0 Å². The Kier molecular flexibility index (Phi) is 2.99. The summed E-state index contributed by atoms with van der Waals surface area (Å²) >= 11 is 0. The molecule has 3 atom stereocenters. The first-order valence-electron chi connectivity index (χ1n) is 6.43. The first-order chi connectivity index (χ1) is 7.38. The van der Waals surface area contributed by atoms with E-state index in [1.165, 1.54) is 6.42 Å². The van der Waals surface area contributed by atoms with Crippen molar-refractivity contribution in [1.82, 2.24) is 4.90 Å². The molecule has 0 aromatic heterocycles. The number of rotatable bonds is 0. The summed E-state index contributed by atoms with van der Waals surface area (Å²) in [6, 6.07) is 0.367. The monoisotopic (exact) mass is 224 g/mol. The number of fused-ring (bicyclic) bond motifs is 1. The molecule has 1 saturated carbocycles. The second-order valence-electron chi connectivity index (χ2n) is 6.55. The highest BCUT2D eigenvalue weighted by atomic mass is 16.2. The highest BCUT2D eigenvalue weighted by Crippen LogP contribution is 2.37. The van der Waals surface area contributed by atoms with Crippen LogP contribution < -0.4 is 5.73 Å². The minimum Gasteiger partial charge on any atom is -0.342 e. The van der Waals surface area contributed by atoms with Gasteiger partial charge in [0.25, 0.3) is 0 Å². The molecular weight excluding hydrogens is 200 g/mol. The largest absolute Gasteiger partial charge is 0.342 e. The molecule has 3 nitrogen and oxygen atoms in total. The fraction of sp³-hybridized carbons (Fsp3) is 0.923. The van der Waals surface area contributed by atoms with Crippen LogP contribution in [0.15, 0.2) is 0 Å². The SMILES string of the molecule is CC(C)(C)C(=O)N1C[C@H]2CCC(N)C[C@H]2C1. The smallest absolute Gasteiger partial charge is 0.227 e. The summed E-state index contributed by atoms with van der Waals surface area (Å²) in [5.74, 6) is 1.68. The van der Waals surface area contributed by atoms with E-state index < -0.39 is 0 Å². The molecule has 92 valence electrons. The van der Waals surface area contributed by atoms with Gasteiger partial charge in [-0.05, 0) is 31.1 Å². The summed E-state index contributed by atoms with van der Waals surface area (Å²) < 4.78 is 0. The van der Waals surface area contributed by atoms with Crippen LogP contribution >= 0.6 is 0 Å². The molecule has 0 aromatic rings. The van der Waals surface area contributed by atoms with Crippen LogP contribution in [0.5, 0.6) is 0 Å². The van der Waals surface area contributed by atoms with Gasteiger partial charge >= 0.3 is 0 Å². The van der Waals surface area contributed by atoms with Crippen molar-refractivity contribution in [2.45, 2.75) is 46.1 Å². The Morgan fingerprint density at radius 2 is 1.81 bits per heavy atom. The molecule has 2 N–H and O–H groups in total. The number of nitrogens with zero attached hydrogens (tertiary/aromatic N) is 1. The standard InChI is InChI=1S/C13H24N2O/c1-13(2,3)12(16)15-7-9-4-5-11(14)6-10(9)8-15/h9-11H,4-8,14H2,1-3H3/t9-,10+,11?/m1/s1. The molecule has 0 bridgehead atoms. The number of carbonyl (C=O) groups is 1. The third-order valence-electron chi connectivity index (χ3n) is 4.02. The zero-order valence-electron chi connectivity index (χ0n) is 10.7. The lowest BCUT2D eigenvalue weighted by atomic mass is 9.79. The van der Waals surface area contributed by atoms with Crippen molar-refractivity contribution in [3.8, 4) is 0 Å². The van der Waals surface area contributed by atoms with Gasteiger partial charge in [0, 0.05) is 24.5 Å². The van der Waals surface area contributed by atoms with Crippen LogP contribution in [0.1, 0.15) is 40.0 Å². The number of hydrogen-bond donors (Lipinski definition) is 1. The molecule has 2 aliphatic rings. The summed E-state index contributed by atoms with van der Waals surface area (Å²) in [6.07, 6.45) is 3.46. The highest BCUT2D eigenvalue weighted by Gasteiger charge is 2.40. The quantitative estimate of drug-likeness (QED) is 0.679. The molecule has 1 heterocycles. The zero-order chi connectivity index (χ0) is 11.9. The zero-order valence-corrected chi connectivity index (χ0v) is 10.7. The summed E-state index contributed by atoms with van der Waals surface area (Å²) in [4.78, 5) is 14.2. The van der Waals surface area contributed by atoms with Gasteiger partial charge in [0.2, 0.25) is 5.91 Å². The Balaban J connectivity index is 2.00. The van der Waals surface area contributed by atoms with Gasteiger partial charge in [-0.3, -0.25) is 4.79 Å². The summed E-state index contributed by atoms with van der Waals surface area (Å²) in [7, 11) is 0. The van der Waals surface area contributed by atoms with Gasteiger partial charge in [-0.15, -0.1) is 0 Å². The van der Waals surface area contributed by atoms with E-state index in [0.717, 1.165) is 25.9 Å². The van der Waals surface area contributed by atoms with E-state index in [4.69, 9.17) is 5.73 Å². The summed E-state index contributed by atoms with van der Waals surface area (Å²) in [5.41, 5.74) is 5.75. The van der Waals surface area contributed by atoms with Crippen LogP contribution in [-0.2, 0) is 4.79 Å². The molecule has 1 unspecified atom stereocenters. The first kappa shape index (κ1) is 11.9. The summed E-state index contributed by atoms with van der Waals surface area (Å²) in [5, 5.41) is 0. The van der Waals surface area contributed by atoms with Gasteiger partial charge < -0.3 is 10.6 Å². The fourth-order valence-electron chi connectivity index (χ4n) is 3.11. The molecule has 1 aliphatic heterocycles. The molecule has 16 heavy (non-hydrogen) atoms. The van der Waals surface area contributed by atoms with Gasteiger partial charge in [-0.2, -0.15) is 0 Å². The fourth-order valence-corrected chi connectivity index (χ4v) is 3.11. The van der Waals surface area contributed by atoms with E-state index in [1.54, 1.807) is 0 Å². The second-order valence-corrected chi connectivity index (χ2v) is 6.55. The molecule has 1 saturated heterocycles. The predicted octanol–water partition coefficient (Wildman–Crippen LogP) is 1.62.